The summed E-state index contributed by atoms with van der Waals surface area (Å²) in [6.07, 6.45) is 6.14. The van der Waals surface area contributed by atoms with Crippen LogP contribution >= 0.6 is 0 Å². The monoisotopic (exact) mass is 295 g/mol. The van der Waals surface area contributed by atoms with E-state index in [9.17, 15) is 9.90 Å². The van der Waals surface area contributed by atoms with Gasteiger partial charge in [-0.3, -0.25) is 4.90 Å². The molecule has 0 unspecified atom stereocenters. The first kappa shape index (κ1) is 16.0. The second-order valence-electron chi connectivity index (χ2n) is 5.66. The average Bonchev–Trinajstić information content (AvgIpc) is 2.87. The maximum absolute atomic E-state index is 11.6. The van der Waals surface area contributed by atoms with Crippen LogP contribution in [0.4, 0.5) is 0 Å². The van der Waals surface area contributed by atoms with Crippen LogP contribution in [0, 0.1) is 6.92 Å². The van der Waals surface area contributed by atoms with Gasteiger partial charge in [0.05, 0.1) is 20.3 Å². The van der Waals surface area contributed by atoms with Crippen molar-refractivity contribution in [1.29, 1.82) is 0 Å². The fourth-order valence-electron chi connectivity index (χ4n) is 3.10. The van der Waals surface area contributed by atoms with E-state index in [1.807, 2.05) is 0 Å². The molecule has 0 amide bonds. The van der Waals surface area contributed by atoms with E-state index in [1.54, 1.807) is 13.0 Å². The number of aliphatic hydroxyl groups is 1. The normalized spacial score (nSPS) is 16.4. The summed E-state index contributed by atoms with van der Waals surface area (Å²) in [7, 11) is 1.37. The number of aliphatic hydroxyl groups excluding tert-OH is 1. The Morgan fingerprint density at radius 2 is 2.14 bits per heavy atom. The van der Waals surface area contributed by atoms with Crippen molar-refractivity contribution < 1.29 is 19.1 Å². The van der Waals surface area contributed by atoms with Gasteiger partial charge in [0.15, 0.2) is 0 Å². The standard InChI is InChI=1S/C16H25NO4/c1-12-15(16(19)20-2)10-14(21-12)11-17(8-9-18)13-6-4-3-5-7-13/h10,13,18H,3-9,11H2,1-2H3. The molecule has 5 nitrogen and oxygen atoms in total. The van der Waals surface area contributed by atoms with Crippen LogP contribution in [0.1, 0.15) is 54.0 Å². The lowest BCUT2D eigenvalue weighted by molar-refractivity contribution is 0.0599. The molecule has 0 aromatic carbocycles. The molecular weight excluding hydrogens is 270 g/mol. The minimum Gasteiger partial charge on any atom is -0.465 e. The predicted molar refractivity (Wildman–Crippen MR) is 79.2 cm³/mol. The van der Waals surface area contributed by atoms with Crippen LogP contribution < -0.4 is 0 Å². The Hall–Kier alpha value is -1.33. The Balaban J connectivity index is 2.07. The van der Waals surface area contributed by atoms with Crippen LogP contribution in [0.25, 0.3) is 0 Å². The SMILES string of the molecule is COC(=O)c1cc(CN(CCO)C2CCCCC2)oc1C. The third-order valence-electron chi connectivity index (χ3n) is 4.21. The zero-order chi connectivity index (χ0) is 15.2. The van der Waals surface area contributed by atoms with Crippen molar-refractivity contribution in [3.63, 3.8) is 0 Å². The Morgan fingerprint density at radius 3 is 2.76 bits per heavy atom. The number of hydrogen-bond donors (Lipinski definition) is 1. The molecule has 1 aromatic rings. The smallest absolute Gasteiger partial charge is 0.341 e. The van der Waals surface area contributed by atoms with Gasteiger partial charge >= 0.3 is 5.97 Å². The molecule has 0 aliphatic heterocycles. The molecule has 1 fully saturated rings. The van der Waals surface area contributed by atoms with Gasteiger partial charge in [-0.2, -0.15) is 0 Å². The minimum atomic E-state index is -0.367. The van der Waals surface area contributed by atoms with E-state index in [4.69, 9.17) is 9.15 Å². The Kier molecular flexibility index (Phi) is 5.82. The fourth-order valence-corrected chi connectivity index (χ4v) is 3.10. The van der Waals surface area contributed by atoms with E-state index in [0.717, 1.165) is 5.76 Å². The van der Waals surface area contributed by atoms with Gasteiger partial charge in [-0.15, -0.1) is 0 Å². The van der Waals surface area contributed by atoms with Crippen molar-refractivity contribution in [2.75, 3.05) is 20.3 Å². The molecular formula is C16H25NO4. The molecule has 0 bridgehead atoms. The van der Waals surface area contributed by atoms with Crippen molar-refractivity contribution in [2.45, 2.75) is 51.6 Å². The van der Waals surface area contributed by atoms with E-state index < -0.39 is 0 Å². The minimum absolute atomic E-state index is 0.139. The first-order chi connectivity index (χ1) is 10.2. The van der Waals surface area contributed by atoms with Gasteiger partial charge in [0, 0.05) is 12.6 Å². The number of hydrogen-bond acceptors (Lipinski definition) is 5. The molecule has 1 aromatic heterocycles. The lowest BCUT2D eigenvalue weighted by atomic mass is 9.94. The largest absolute Gasteiger partial charge is 0.465 e. The van der Waals surface area contributed by atoms with Gasteiger partial charge in [-0.05, 0) is 25.8 Å². The first-order valence-corrected chi connectivity index (χ1v) is 7.68. The molecule has 0 atom stereocenters. The molecule has 2 rings (SSSR count). The summed E-state index contributed by atoms with van der Waals surface area (Å²) in [5.41, 5.74) is 0.486. The number of furan rings is 1. The Labute approximate surface area is 125 Å². The average molecular weight is 295 g/mol. The summed E-state index contributed by atoms with van der Waals surface area (Å²) in [4.78, 5) is 13.9. The van der Waals surface area contributed by atoms with E-state index >= 15 is 0 Å². The van der Waals surface area contributed by atoms with Crippen molar-refractivity contribution in [1.82, 2.24) is 4.90 Å². The molecule has 1 saturated carbocycles. The van der Waals surface area contributed by atoms with Crippen LogP contribution in [0.3, 0.4) is 0 Å². The second kappa shape index (κ2) is 7.61. The summed E-state index contributed by atoms with van der Waals surface area (Å²) < 4.78 is 10.4. The van der Waals surface area contributed by atoms with Gasteiger partial charge in [-0.1, -0.05) is 19.3 Å². The number of aryl methyl sites for hydroxylation is 1. The number of carbonyl (C=O) groups excluding carboxylic acids is 1. The topological polar surface area (TPSA) is 62.9 Å². The van der Waals surface area contributed by atoms with E-state index in [1.165, 1.54) is 39.2 Å². The molecule has 1 aliphatic carbocycles. The maximum atomic E-state index is 11.6. The Bertz CT molecular complexity index is 463. The molecule has 1 aliphatic rings. The van der Waals surface area contributed by atoms with Gasteiger partial charge in [-0.25, -0.2) is 4.79 Å². The lowest BCUT2D eigenvalue weighted by Gasteiger charge is -2.33. The number of carbonyl (C=O) groups is 1. The van der Waals surface area contributed by atoms with Gasteiger partial charge < -0.3 is 14.3 Å². The molecule has 0 spiro atoms. The third-order valence-corrected chi connectivity index (χ3v) is 4.21. The van der Waals surface area contributed by atoms with Crippen LogP contribution in [-0.4, -0.2) is 42.3 Å². The van der Waals surface area contributed by atoms with Crippen molar-refractivity contribution in [3.8, 4) is 0 Å². The summed E-state index contributed by atoms with van der Waals surface area (Å²) in [6, 6.07) is 2.26. The van der Waals surface area contributed by atoms with Crippen LogP contribution in [-0.2, 0) is 11.3 Å². The number of methoxy groups -OCH3 is 1. The van der Waals surface area contributed by atoms with Crippen LogP contribution in [0.2, 0.25) is 0 Å². The highest BCUT2D eigenvalue weighted by atomic mass is 16.5. The van der Waals surface area contributed by atoms with Crippen molar-refractivity contribution in [2.24, 2.45) is 0 Å². The quantitative estimate of drug-likeness (QED) is 0.817. The molecule has 118 valence electrons. The number of nitrogens with zero attached hydrogens (tertiary/aromatic N) is 1. The summed E-state index contributed by atoms with van der Waals surface area (Å²) in [5, 5.41) is 9.29. The number of rotatable bonds is 6. The number of esters is 1. The van der Waals surface area contributed by atoms with Gasteiger partial charge in [0.25, 0.3) is 0 Å². The number of ether oxygens (including phenoxy) is 1. The fraction of sp³-hybridized carbons (Fsp3) is 0.688. The molecule has 0 saturated heterocycles. The zero-order valence-corrected chi connectivity index (χ0v) is 12.9. The van der Waals surface area contributed by atoms with E-state index in [0.29, 0.717) is 30.5 Å². The molecule has 21 heavy (non-hydrogen) atoms. The summed E-state index contributed by atoms with van der Waals surface area (Å²) >= 11 is 0. The molecule has 1 heterocycles. The highest BCUT2D eigenvalue weighted by Crippen LogP contribution is 2.25. The van der Waals surface area contributed by atoms with E-state index in [-0.39, 0.29) is 12.6 Å². The van der Waals surface area contributed by atoms with E-state index in [2.05, 4.69) is 4.90 Å². The first-order valence-electron chi connectivity index (χ1n) is 7.68. The zero-order valence-electron chi connectivity index (χ0n) is 12.9. The summed E-state index contributed by atoms with van der Waals surface area (Å²) in [6.45, 7) is 3.17. The summed E-state index contributed by atoms with van der Waals surface area (Å²) in [5.74, 6) is 0.977. The second-order valence-corrected chi connectivity index (χ2v) is 5.66. The molecule has 1 N–H and O–H groups in total. The van der Waals surface area contributed by atoms with Crippen LogP contribution in [0.5, 0.6) is 0 Å². The van der Waals surface area contributed by atoms with Crippen molar-refractivity contribution in [3.05, 3.63) is 23.2 Å². The highest BCUT2D eigenvalue weighted by Gasteiger charge is 2.23. The highest BCUT2D eigenvalue weighted by molar-refractivity contribution is 5.90. The Morgan fingerprint density at radius 1 is 1.43 bits per heavy atom. The van der Waals surface area contributed by atoms with Crippen molar-refractivity contribution >= 4 is 5.97 Å². The molecule has 0 radical (unpaired) electrons. The molecule has 5 heteroatoms. The predicted octanol–water partition coefficient (Wildman–Crippen LogP) is 2.50. The van der Waals surface area contributed by atoms with Gasteiger partial charge in [0.1, 0.15) is 17.1 Å². The van der Waals surface area contributed by atoms with Crippen LogP contribution in [0.15, 0.2) is 10.5 Å². The lowest BCUT2D eigenvalue weighted by Crippen LogP contribution is -2.38. The maximum Gasteiger partial charge on any atom is 0.341 e. The van der Waals surface area contributed by atoms with Gasteiger partial charge in [0.2, 0.25) is 0 Å². The third kappa shape index (κ3) is 4.08.